The summed E-state index contributed by atoms with van der Waals surface area (Å²) in [4.78, 5) is 25.1. The minimum atomic E-state index is -0.471. The number of carbonyl (C=O) groups excluding carboxylic acids is 2. The molecule has 0 amide bonds. The normalized spacial score (nSPS) is 10.1. The zero-order chi connectivity index (χ0) is 18.9. The maximum Gasteiger partial charge on any atom is 0.316 e. The Morgan fingerprint density at radius 2 is 1.54 bits per heavy atom. The number of ether oxygens (including phenoxy) is 4. The van der Waals surface area contributed by atoms with Gasteiger partial charge >= 0.3 is 5.97 Å². The highest BCUT2D eigenvalue weighted by Gasteiger charge is 2.16. The van der Waals surface area contributed by atoms with Crippen LogP contribution in [0.25, 0.3) is 0 Å². The Bertz CT molecular complexity index is 757. The molecule has 26 heavy (non-hydrogen) atoms. The number of carbonyl (C=O) groups is 2. The first-order chi connectivity index (χ1) is 12.6. The van der Waals surface area contributed by atoms with Crippen molar-refractivity contribution in [2.75, 3.05) is 33.7 Å². The molecule has 0 unspecified atom stereocenters. The number of hydrogen-bond acceptors (Lipinski definition) is 7. The molecule has 0 saturated carbocycles. The van der Waals surface area contributed by atoms with Gasteiger partial charge in [0.2, 0.25) is 5.78 Å². The molecule has 0 spiro atoms. The molecule has 0 saturated heterocycles. The lowest BCUT2D eigenvalue weighted by Gasteiger charge is -2.10. The number of methoxy groups -OCH3 is 3. The van der Waals surface area contributed by atoms with Crippen LogP contribution in [-0.2, 0) is 9.53 Å². The Morgan fingerprint density at radius 1 is 0.885 bits per heavy atom. The van der Waals surface area contributed by atoms with Crippen molar-refractivity contribution in [2.45, 2.75) is 4.90 Å². The van der Waals surface area contributed by atoms with Crippen LogP contribution in [0.1, 0.15) is 10.4 Å². The monoisotopic (exact) mass is 376 g/mol. The Hall–Kier alpha value is -2.67. The summed E-state index contributed by atoms with van der Waals surface area (Å²) in [5.41, 5.74) is 0.308. The topological polar surface area (TPSA) is 71.1 Å². The van der Waals surface area contributed by atoms with Crippen LogP contribution in [0.3, 0.4) is 0 Å². The zero-order valence-electron chi connectivity index (χ0n) is 14.8. The molecule has 0 N–H and O–H groups in total. The van der Waals surface area contributed by atoms with Crippen LogP contribution < -0.4 is 14.2 Å². The summed E-state index contributed by atoms with van der Waals surface area (Å²) in [7, 11) is 4.57. The predicted molar refractivity (Wildman–Crippen MR) is 98.6 cm³/mol. The first-order valence-electron chi connectivity index (χ1n) is 7.75. The van der Waals surface area contributed by atoms with Crippen molar-refractivity contribution >= 4 is 23.5 Å². The van der Waals surface area contributed by atoms with Crippen molar-refractivity contribution in [1.82, 2.24) is 0 Å². The van der Waals surface area contributed by atoms with Crippen molar-refractivity contribution in [3.05, 3.63) is 48.0 Å². The van der Waals surface area contributed by atoms with Gasteiger partial charge in [-0.25, -0.2) is 0 Å². The average Bonchev–Trinajstić information content (AvgIpc) is 2.70. The van der Waals surface area contributed by atoms with E-state index in [0.717, 1.165) is 10.6 Å². The van der Waals surface area contributed by atoms with Crippen LogP contribution in [0.5, 0.6) is 17.2 Å². The number of esters is 1. The largest absolute Gasteiger partial charge is 0.497 e. The molecule has 0 bridgehead atoms. The summed E-state index contributed by atoms with van der Waals surface area (Å²) >= 11 is 1.32. The van der Waals surface area contributed by atoms with E-state index in [-0.39, 0.29) is 18.1 Å². The summed E-state index contributed by atoms with van der Waals surface area (Å²) in [6, 6.07) is 12.2. The first kappa shape index (κ1) is 19.7. The molecule has 138 valence electrons. The minimum absolute atomic E-state index is 0.106. The quantitative estimate of drug-likeness (QED) is 0.378. The van der Waals surface area contributed by atoms with Gasteiger partial charge in [0.05, 0.1) is 32.6 Å². The van der Waals surface area contributed by atoms with Gasteiger partial charge in [-0.3, -0.25) is 9.59 Å². The molecule has 0 heterocycles. The van der Waals surface area contributed by atoms with Gasteiger partial charge in [0.1, 0.15) is 17.2 Å². The molecular weight excluding hydrogens is 356 g/mol. The van der Waals surface area contributed by atoms with Crippen molar-refractivity contribution in [3.8, 4) is 17.2 Å². The maximum absolute atomic E-state index is 12.3. The van der Waals surface area contributed by atoms with Crippen LogP contribution in [-0.4, -0.2) is 45.4 Å². The number of rotatable bonds is 9. The molecule has 2 aromatic carbocycles. The maximum atomic E-state index is 12.3. The third-order valence-corrected chi connectivity index (χ3v) is 4.47. The third kappa shape index (κ3) is 5.42. The van der Waals surface area contributed by atoms with Gasteiger partial charge in [-0.05, 0) is 42.5 Å². The Kier molecular flexibility index (Phi) is 7.35. The highest BCUT2D eigenvalue weighted by atomic mass is 32.2. The van der Waals surface area contributed by atoms with Crippen molar-refractivity contribution in [1.29, 1.82) is 0 Å². The molecule has 2 aromatic rings. The molecular formula is C19H20O6S. The van der Waals surface area contributed by atoms with Crippen molar-refractivity contribution in [2.24, 2.45) is 0 Å². The molecule has 7 heteroatoms. The van der Waals surface area contributed by atoms with E-state index < -0.39 is 5.97 Å². The van der Waals surface area contributed by atoms with Crippen molar-refractivity contribution in [3.63, 3.8) is 0 Å². The molecule has 2 rings (SSSR count). The minimum Gasteiger partial charge on any atom is -0.497 e. The van der Waals surface area contributed by atoms with Crippen molar-refractivity contribution < 1.29 is 28.5 Å². The summed E-state index contributed by atoms with van der Waals surface area (Å²) < 4.78 is 20.4. The van der Waals surface area contributed by atoms with E-state index in [0.29, 0.717) is 17.1 Å². The van der Waals surface area contributed by atoms with Gasteiger partial charge in [0.25, 0.3) is 0 Å². The molecule has 0 radical (unpaired) electrons. The first-order valence-corrected chi connectivity index (χ1v) is 8.73. The zero-order valence-corrected chi connectivity index (χ0v) is 15.6. The molecule has 6 nitrogen and oxygen atoms in total. The van der Waals surface area contributed by atoms with E-state index in [1.165, 1.54) is 26.0 Å². The summed E-state index contributed by atoms with van der Waals surface area (Å²) in [5, 5.41) is 0. The fourth-order valence-corrected chi connectivity index (χ4v) is 2.81. The molecule has 0 aliphatic heterocycles. The van der Waals surface area contributed by atoms with Crippen LogP contribution in [0.4, 0.5) is 0 Å². The van der Waals surface area contributed by atoms with Gasteiger partial charge in [-0.2, -0.15) is 0 Å². The van der Waals surface area contributed by atoms with Crippen LogP contribution >= 0.6 is 11.8 Å². The van der Waals surface area contributed by atoms with Crippen LogP contribution in [0.2, 0.25) is 0 Å². The van der Waals surface area contributed by atoms with E-state index in [1.54, 1.807) is 25.3 Å². The third-order valence-electron chi connectivity index (χ3n) is 3.49. The molecule has 0 aromatic heterocycles. The van der Waals surface area contributed by atoms with E-state index in [9.17, 15) is 9.59 Å². The SMILES string of the molecule is COc1ccc(SCC(=O)OCC(=O)c2cc(OC)ccc2OC)cc1. The standard InChI is InChI=1S/C19H20O6S/c1-22-13-4-7-15(8-5-13)26-12-19(21)25-11-17(20)16-10-14(23-2)6-9-18(16)24-3/h4-10H,11-12H2,1-3H3. The predicted octanol–water partition coefficient (Wildman–Crippen LogP) is 3.23. The smallest absolute Gasteiger partial charge is 0.316 e. The number of hydrogen-bond donors (Lipinski definition) is 0. The van der Waals surface area contributed by atoms with Gasteiger partial charge in [0, 0.05) is 4.90 Å². The van der Waals surface area contributed by atoms with E-state index in [1.807, 2.05) is 24.3 Å². The number of thioether (sulfide) groups is 1. The van der Waals surface area contributed by atoms with Gasteiger partial charge < -0.3 is 18.9 Å². The second-order valence-electron chi connectivity index (χ2n) is 5.11. The van der Waals surface area contributed by atoms with Gasteiger partial charge in [0.15, 0.2) is 6.61 Å². The fraction of sp³-hybridized carbons (Fsp3) is 0.263. The molecule has 0 aliphatic carbocycles. The van der Waals surface area contributed by atoms with Crippen LogP contribution in [0, 0.1) is 0 Å². The second-order valence-corrected chi connectivity index (χ2v) is 6.16. The Balaban J connectivity index is 1.87. The molecule has 0 atom stereocenters. The lowest BCUT2D eigenvalue weighted by atomic mass is 10.1. The lowest BCUT2D eigenvalue weighted by molar-refractivity contribution is -0.139. The van der Waals surface area contributed by atoms with Crippen LogP contribution in [0.15, 0.2) is 47.4 Å². The number of benzene rings is 2. The van der Waals surface area contributed by atoms with E-state index in [4.69, 9.17) is 18.9 Å². The molecule has 0 fully saturated rings. The molecule has 0 aliphatic rings. The average molecular weight is 376 g/mol. The lowest BCUT2D eigenvalue weighted by Crippen LogP contribution is -2.16. The van der Waals surface area contributed by atoms with E-state index >= 15 is 0 Å². The van der Waals surface area contributed by atoms with Gasteiger partial charge in [-0.15, -0.1) is 11.8 Å². The Morgan fingerprint density at radius 3 is 2.15 bits per heavy atom. The summed E-state index contributed by atoms with van der Waals surface area (Å²) in [5.74, 6) is 0.948. The highest BCUT2D eigenvalue weighted by molar-refractivity contribution is 8.00. The summed E-state index contributed by atoms with van der Waals surface area (Å²) in [6.07, 6.45) is 0. The number of Topliss-reactive ketones (excluding diaryl/α,β-unsaturated/α-hetero) is 1. The highest BCUT2D eigenvalue weighted by Crippen LogP contribution is 2.25. The Labute approximate surface area is 156 Å². The van der Waals surface area contributed by atoms with Gasteiger partial charge in [-0.1, -0.05) is 0 Å². The number of ketones is 1. The fourth-order valence-electron chi connectivity index (χ4n) is 2.11. The van der Waals surface area contributed by atoms with E-state index in [2.05, 4.69) is 0 Å². The second kappa shape index (κ2) is 9.72. The summed E-state index contributed by atoms with van der Waals surface area (Å²) in [6.45, 7) is -0.356.